The minimum absolute atomic E-state index is 0.121. The van der Waals surface area contributed by atoms with Crippen LogP contribution in [0.1, 0.15) is 43.1 Å². The minimum Gasteiger partial charge on any atom is -0.355 e. The molecular weight excluding hydrogens is 383 g/mol. The largest absolute Gasteiger partial charge is 0.393 e. The van der Waals surface area contributed by atoms with E-state index in [4.69, 9.17) is 5.73 Å². The molecule has 2 saturated carbocycles. The SMILES string of the molecule is N[C@H](c1cn2nc(CC3C[C@@H](C(F)(F)F)CNC3=O)ccc2n1)C1C[C@@H]2C[C@@H]2C1. The summed E-state index contributed by atoms with van der Waals surface area (Å²) in [5, 5.41) is 6.86. The highest BCUT2D eigenvalue weighted by molar-refractivity contribution is 5.79. The predicted octanol–water partition coefficient (Wildman–Crippen LogP) is 2.63. The summed E-state index contributed by atoms with van der Waals surface area (Å²) in [4.78, 5) is 16.7. The average Bonchev–Trinajstić information content (AvgIpc) is 3.09. The van der Waals surface area contributed by atoms with Gasteiger partial charge < -0.3 is 11.1 Å². The Balaban J connectivity index is 1.31. The lowest BCUT2D eigenvalue weighted by molar-refractivity contribution is -0.183. The van der Waals surface area contributed by atoms with Crippen LogP contribution >= 0.6 is 0 Å². The zero-order valence-corrected chi connectivity index (χ0v) is 15.9. The van der Waals surface area contributed by atoms with Crippen LogP contribution in [0.25, 0.3) is 5.65 Å². The lowest BCUT2D eigenvalue weighted by Crippen LogP contribution is -2.47. The van der Waals surface area contributed by atoms with Crippen molar-refractivity contribution in [2.45, 2.75) is 44.3 Å². The van der Waals surface area contributed by atoms with Crippen molar-refractivity contribution in [2.75, 3.05) is 6.54 Å². The molecule has 0 aromatic carbocycles. The van der Waals surface area contributed by atoms with Crippen molar-refractivity contribution in [1.82, 2.24) is 19.9 Å². The Labute approximate surface area is 166 Å². The predicted molar refractivity (Wildman–Crippen MR) is 98.6 cm³/mol. The van der Waals surface area contributed by atoms with Crippen molar-refractivity contribution < 1.29 is 18.0 Å². The average molecular weight is 407 g/mol. The summed E-state index contributed by atoms with van der Waals surface area (Å²) in [6, 6.07) is 3.39. The first-order valence-electron chi connectivity index (χ1n) is 10.2. The molecule has 3 N–H and O–H groups in total. The molecule has 6 nitrogen and oxygen atoms in total. The second-order valence-corrected chi connectivity index (χ2v) is 8.93. The number of carbonyl (C=O) groups excluding carboxylic acids is 1. The van der Waals surface area contributed by atoms with Crippen molar-refractivity contribution in [1.29, 1.82) is 0 Å². The zero-order valence-electron chi connectivity index (χ0n) is 15.9. The molecule has 3 heterocycles. The van der Waals surface area contributed by atoms with E-state index in [2.05, 4.69) is 15.4 Å². The van der Waals surface area contributed by atoms with E-state index in [1.807, 2.05) is 6.20 Å². The normalized spacial score (nSPS) is 32.8. The van der Waals surface area contributed by atoms with Crippen LogP contribution in [-0.2, 0) is 11.2 Å². The smallest absolute Gasteiger partial charge is 0.355 e. The fourth-order valence-electron chi connectivity index (χ4n) is 5.09. The number of hydrogen-bond acceptors (Lipinski definition) is 4. The zero-order chi connectivity index (χ0) is 20.3. The Bertz CT molecular complexity index is 932. The van der Waals surface area contributed by atoms with Gasteiger partial charge in [0.1, 0.15) is 0 Å². The van der Waals surface area contributed by atoms with E-state index in [0.717, 1.165) is 30.4 Å². The van der Waals surface area contributed by atoms with Crippen LogP contribution in [0, 0.1) is 29.6 Å². The summed E-state index contributed by atoms with van der Waals surface area (Å²) in [6.07, 6.45) is 1.12. The number of aromatic nitrogens is 3. The van der Waals surface area contributed by atoms with Crippen molar-refractivity contribution in [2.24, 2.45) is 35.3 Å². The van der Waals surface area contributed by atoms with Crippen LogP contribution in [0.3, 0.4) is 0 Å². The first kappa shape index (κ1) is 18.8. The van der Waals surface area contributed by atoms with Crippen molar-refractivity contribution in [3.05, 3.63) is 29.7 Å². The fraction of sp³-hybridized carbons (Fsp3) is 0.650. The summed E-state index contributed by atoms with van der Waals surface area (Å²) in [5.74, 6) is -0.459. The maximum Gasteiger partial charge on any atom is 0.393 e. The number of piperidine rings is 1. The molecule has 2 aliphatic carbocycles. The number of nitrogens with zero attached hydrogens (tertiary/aromatic N) is 3. The molecule has 3 aliphatic rings. The van der Waals surface area contributed by atoms with Crippen LogP contribution in [0.15, 0.2) is 18.3 Å². The van der Waals surface area contributed by atoms with E-state index in [1.54, 1.807) is 16.6 Å². The molecule has 5 rings (SSSR count). The lowest BCUT2D eigenvalue weighted by Gasteiger charge is -2.30. The molecule has 0 spiro atoms. The molecule has 6 atom stereocenters. The molecule has 29 heavy (non-hydrogen) atoms. The van der Waals surface area contributed by atoms with Gasteiger partial charge in [-0.2, -0.15) is 18.3 Å². The Morgan fingerprint density at radius 2 is 1.97 bits per heavy atom. The first-order valence-corrected chi connectivity index (χ1v) is 10.2. The molecule has 1 aliphatic heterocycles. The van der Waals surface area contributed by atoms with E-state index in [1.165, 1.54) is 6.42 Å². The Hall–Kier alpha value is -2.16. The molecule has 2 aromatic heterocycles. The topological polar surface area (TPSA) is 85.3 Å². The molecule has 9 heteroatoms. The maximum atomic E-state index is 13.0. The summed E-state index contributed by atoms with van der Waals surface area (Å²) < 4.78 is 40.7. The summed E-state index contributed by atoms with van der Waals surface area (Å²) in [6.45, 7) is -0.350. The van der Waals surface area contributed by atoms with Gasteiger partial charge in [0.05, 0.1) is 29.5 Å². The summed E-state index contributed by atoms with van der Waals surface area (Å²) >= 11 is 0. The van der Waals surface area contributed by atoms with Gasteiger partial charge in [0.25, 0.3) is 0 Å². The van der Waals surface area contributed by atoms with Gasteiger partial charge in [-0.1, -0.05) is 0 Å². The van der Waals surface area contributed by atoms with Crippen LogP contribution in [-0.4, -0.2) is 33.2 Å². The molecule has 1 saturated heterocycles. The van der Waals surface area contributed by atoms with Crippen molar-refractivity contribution >= 4 is 11.6 Å². The number of alkyl halides is 3. The number of amides is 1. The van der Waals surface area contributed by atoms with Gasteiger partial charge in [-0.3, -0.25) is 4.79 Å². The first-order chi connectivity index (χ1) is 13.8. The summed E-state index contributed by atoms with van der Waals surface area (Å²) in [5.41, 5.74) is 8.47. The molecule has 1 amide bonds. The fourth-order valence-corrected chi connectivity index (χ4v) is 5.09. The van der Waals surface area contributed by atoms with E-state index in [-0.39, 0.29) is 31.3 Å². The Morgan fingerprint density at radius 1 is 1.21 bits per heavy atom. The maximum absolute atomic E-state index is 13.0. The number of nitrogens with two attached hydrogens (primary N) is 1. The number of imidazole rings is 1. The van der Waals surface area contributed by atoms with Gasteiger partial charge >= 0.3 is 6.18 Å². The Morgan fingerprint density at radius 3 is 2.69 bits per heavy atom. The summed E-state index contributed by atoms with van der Waals surface area (Å²) in [7, 11) is 0. The minimum atomic E-state index is -4.31. The molecule has 2 unspecified atom stereocenters. The third kappa shape index (κ3) is 3.60. The molecule has 0 bridgehead atoms. The van der Waals surface area contributed by atoms with Gasteiger partial charge in [0, 0.05) is 18.9 Å². The molecule has 3 fully saturated rings. The van der Waals surface area contributed by atoms with E-state index in [0.29, 0.717) is 17.3 Å². The molecule has 2 aromatic rings. The number of fused-ring (bicyclic) bond motifs is 2. The number of rotatable bonds is 4. The van der Waals surface area contributed by atoms with Gasteiger partial charge in [-0.05, 0) is 55.6 Å². The quantitative estimate of drug-likeness (QED) is 0.816. The van der Waals surface area contributed by atoms with Crippen LogP contribution in [0.5, 0.6) is 0 Å². The monoisotopic (exact) mass is 407 g/mol. The molecule has 0 radical (unpaired) electrons. The highest BCUT2D eigenvalue weighted by Gasteiger charge is 2.48. The van der Waals surface area contributed by atoms with Gasteiger partial charge in [0.2, 0.25) is 5.91 Å². The Kier molecular flexibility index (Phi) is 4.34. The highest BCUT2D eigenvalue weighted by Crippen LogP contribution is 2.56. The third-order valence-electron chi connectivity index (χ3n) is 6.90. The number of nitrogens with one attached hydrogen (secondary N) is 1. The standard InChI is InChI=1S/C20H24F3N5O/c21-20(22,23)14-6-13(19(29)25-8-14)7-15-1-2-17-26-16(9-28(17)27-15)18(24)12-4-10-3-11(10)5-12/h1-2,9-14,18H,3-8,24H2,(H,25,29)/t10-,11+,12?,13?,14-,18+/m1/s1. The molecular formula is C20H24F3N5O. The highest BCUT2D eigenvalue weighted by atomic mass is 19.4. The number of carbonyl (C=O) groups is 1. The van der Waals surface area contributed by atoms with Gasteiger partial charge in [0.15, 0.2) is 5.65 Å². The van der Waals surface area contributed by atoms with Crippen molar-refractivity contribution in [3.63, 3.8) is 0 Å². The second-order valence-electron chi connectivity index (χ2n) is 8.93. The van der Waals surface area contributed by atoms with Crippen LogP contribution < -0.4 is 11.1 Å². The molecule has 156 valence electrons. The van der Waals surface area contributed by atoms with Crippen LogP contribution in [0.4, 0.5) is 13.2 Å². The van der Waals surface area contributed by atoms with E-state index < -0.39 is 18.0 Å². The van der Waals surface area contributed by atoms with E-state index in [9.17, 15) is 18.0 Å². The third-order valence-corrected chi connectivity index (χ3v) is 6.90. The van der Waals surface area contributed by atoms with Crippen LogP contribution in [0.2, 0.25) is 0 Å². The number of hydrogen-bond donors (Lipinski definition) is 2. The van der Waals surface area contributed by atoms with Crippen molar-refractivity contribution in [3.8, 4) is 0 Å². The van der Waals surface area contributed by atoms with Gasteiger partial charge in [-0.15, -0.1) is 0 Å². The van der Waals surface area contributed by atoms with E-state index >= 15 is 0 Å². The number of halogens is 3. The lowest BCUT2D eigenvalue weighted by atomic mass is 9.86. The van der Waals surface area contributed by atoms with Gasteiger partial charge in [-0.25, -0.2) is 9.50 Å². The second kappa shape index (κ2) is 6.68.